The summed E-state index contributed by atoms with van der Waals surface area (Å²) in [7, 11) is 0. The third kappa shape index (κ3) is 3.81. The molecule has 1 amide bonds. The number of carbonyl (C=O) groups is 1. The van der Waals surface area contributed by atoms with Gasteiger partial charge in [-0.3, -0.25) is 4.79 Å². The highest BCUT2D eigenvalue weighted by Crippen LogP contribution is 2.34. The number of rotatable bonds is 4. The zero-order valence-electron chi connectivity index (χ0n) is 13.5. The van der Waals surface area contributed by atoms with Crippen molar-refractivity contribution in [2.75, 3.05) is 11.6 Å². The van der Waals surface area contributed by atoms with Gasteiger partial charge in [-0.15, -0.1) is 0 Å². The molecule has 9 heteroatoms. The molecular weight excluding hydrogens is 387 g/mol. The van der Waals surface area contributed by atoms with Gasteiger partial charge in [-0.25, -0.2) is 4.98 Å². The van der Waals surface area contributed by atoms with Crippen molar-refractivity contribution in [1.82, 2.24) is 9.55 Å². The molecule has 0 fully saturated rings. The first-order valence-electron chi connectivity index (χ1n) is 7.45. The number of alkyl halides is 3. The number of nitrogens with zero attached hydrogens (tertiary/aromatic N) is 2. The Morgan fingerprint density at radius 1 is 1.27 bits per heavy atom. The predicted octanol–water partition coefficient (Wildman–Crippen LogP) is 5.07. The van der Waals surface area contributed by atoms with Crippen molar-refractivity contribution < 1.29 is 18.0 Å². The number of carbonyl (C=O) groups excluding carboxylic acids is 1. The monoisotopic (exact) mass is 399 g/mol. The van der Waals surface area contributed by atoms with Crippen LogP contribution in [-0.4, -0.2) is 21.7 Å². The Hall–Kier alpha value is -2.19. The van der Waals surface area contributed by atoms with E-state index in [1.165, 1.54) is 11.8 Å². The summed E-state index contributed by atoms with van der Waals surface area (Å²) < 4.78 is 40.2. The van der Waals surface area contributed by atoms with Gasteiger partial charge in [-0.05, 0) is 36.6 Å². The van der Waals surface area contributed by atoms with Crippen molar-refractivity contribution in [1.29, 1.82) is 0 Å². The standard InChI is InChI=1S/C17H13ClF3N3OS/c1-26-16-23-12-4-2-3-5-14(12)24(16)9-15(25)22-13-8-10(17(19,20)21)6-7-11(13)18/h2-8H,9H2,1H3,(H,22,25). The number of thioether (sulfide) groups is 1. The van der Waals surface area contributed by atoms with Crippen LogP contribution in [-0.2, 0) is 17.5 Å². The van der Waals surface area contributed by atoms with Gasteiger partial charge in [0, 0.05) is 0 Å². The second kappa shape index (κ2) is 7.20. The molecule has 26 heavy (non-hydrogen) atoms. The minimum Gasteiger partial charge on any atom is -0.323 e. The highest BCUT2D eigenvalue weighted by atomic mass is 35.5. The molecule has 0 saturated carbocycles. The molecule has 0 saturated heterocycles. The fourth-order valence-electron chi connectivity index (χ4n) is 2.49. The molecule has 0 aliphatic rings. The van der Waals surface area contributed by atoms with Gasteiger partial charge in [0.05, 0.1) is 27.3 Å². The van der Waals surface area contributed by atoms with E-state index in [4.69, 9.17) is 11.6 Å². The van der Waals surface area contributed by atoms with E-state index in [0.29, 0.717) is 5.16 Å². The van der Waals surface area contributed by atoms with Crippen molar-refractivity contribution >= 4 is 46.0 Å². The lowest BCUT2D eigenvalue weighted by atomic mass is 10.2. The van der Waals surface area contributed by atoms with E-state index in [1.54, 1.807) is 4.57 Å². The second-order valence-corrected chi connectivity index (χ2v) is 6.59. The first-order valence-corrected chi connectivity index (χ1v) is 9.05. The normalized spacial score (nSPS) is 11.7. The summed E-state index contributed by atoms with van der Waals surface area (Å²) in [5.41, 5.74) is 0.542. The van der Waals surface area contributed by atoms with Gasteiger partial charge in [0.1, 0.15) is 6.54 Å². The summed E-state index contributed by atoms with van der Waals surface area (Å²) in [6.07, 6.45) is -2.68. The third-order valence-electron chi connectivity index (χ3n) is 3.67. The molecule has 0 aliphatic carbocycles. The molecule has 0 atom stereocenters. The summed E-state index contributed by atoms with van der Waals surface area (Å²) >= 11 is 7.30. The van der Waals surface area contributed by atoms with Gasteiger partial charge in [-0.2, -0.15) is 13.2 Å². The van der Waals surface area contributed by atoms with Crippen LogP contribution in [0, 0.1) is 0 Å². The smallest absolute Gasteiger partial charge is 0.323 e. The van der Waals surface area contributed by atoms with Gasteiger partial charge in [-0.1, -0.05) is 35.5 Å². The highest BCUT2D eigenvalue weighted by molar-refractivity contribution is 7.98. The number of fused-ring (bicyclic) bond motifs is 1. The number of halogens is 4. The van der Waals surface area contributed by atoms with Gasteiger partial charge >= 0.3 is 6.18 Å². The number of imidazole rings is 1. The van der Waals surface area contributed by atoms with Gasteiger partial charge in [0.15, 0.2) is 5.16 Å². The molecular formula is C17H13ClF3N3OS. The average Bonchev–Trinajstić information content (AvgIpc) is 2.93. The van der Waals surface area contributed by atoms with Crippen molar-refractivity contribution in [3.63, 3.8) is 0 Å². The van der Waals surface area contributed by atoms with Crippen molar-refractivity contribution in [2.45, 2.75) is 17.9 Å². The summed E-state index contributed by atoms with van der Waals surface area (Å²) in [6.45, 7) is -0.0940. The molecule has 0 aliphatic heterocycles. The van der Waals surface area contributed by atoms with Crippen LogP contribution in [0.2, 0.25) is 5.02 Å². The first-order chi connectivity index (χ1) is 12.3. The van der Waals surface area contributed by atoms with Crippen LogP contribution >= 0.6 is 23.4 Å². The Morgan fingerprint density at radius 2 is 2.00 bits per heavy atom. The fraction of sp³-hybridized carbons (Fsp3) is 0.176. The van der Waals surface area contributed by atoms with Crippen LogP contribution < -0.4 is 5.32 Å². The molecule has 1 heterocycles. The molecule has 4 nitrogen and oxygen atoms in total. The van der Waals surface area contributed by atoms with Gasteiger partial charge in [0.25, 0.3) is 0 Å². The van der Waals surface area contributed by atoms with E-state index in [2.05, 4.69) is 10.3 Å². The van der Waals surface area contributed by atoms with Crippen LogP contribution in [0.15, 0.2) is 47.6 Å². The van der Waals surface area contributed by atoms with Crippen LogP contribution in [0.1, 0.15) is 5.56 Å². The van der Waals surface area contributed by atoms with Crippen LogP contribution in [0.25, 0.3) is 11.0 Å². The first kappa shape index (κ1) is 18.6. The van der Waals surface area contributed by atoms with Gasteiger partial charge < -0.3 is 9.88 Å². The Bertz CT molecular complexity index is 972. The molecule has 1 aromatic heterocycles. The minimum atomic E-state index is -4.52. The summed E-state index contributed by atoms with van der Waals surface area (Å²) in [6, 6.07) is 10.1. The highest BCUT2D eigenvalue weighted by Gasteiger charge is 2.31. The zero-order valence-corrected chi connectivity index (χ0v) is 15.0. The summed E-state index contributed by atoms with van der Waals surface area (Å²) in [5, 5.41) is 3.12. The van der Waals surface area contributed by atoms with Crippen molar-refractivity contribution in [3.8, 4) is 0 Å². The van der Waals surface area contributed by atoms with Crippen LogP contribution in [0.5, 0.6) is 0 Å². The molecule has 1 N–H and O–H groups in total. The molecule has 0 bridgehead atoms. The lowest BCUT2D eigenvalue weighted by Gasteiger charge is -2.13. The van der Waals surface area contributed by atoms with Crippen molar-refractivity contribution in [2.24, 2.45) is 0 Å². The predicted molar refractivity (Wildman–Crippen MR) is 96.6 cm³/mol. The molecule has 0 unspecified atom stereocenters. The topological polar surface area (TPSA) is 46.9 Å². The lowest BCUT2D eigenvalue weighted by Crippen LogP contribution is -2.20. The number of hydrogen-bond donors (Lipinski definition) is 1. The maximum Gasteiger partial charge on any atom is 0.416 e. The maximum absolute atomic E-state index is 12.8. The van der Waals surface area contributed by atoms with E-state index in [0.717, 1.165) is 29.2 Å². The molecule has 2 aromatic carbocycles. The van der Waals surface area contributed by atoms with E-state index < -0.39 is 17.6 Å². The third-order valence-corrected chi connectivity index (χ3v) is 4.68. The summed E-state index contributed by atoms with van der Waals surface area (Å²) in [5.74, 6) is -0.496. The molecule has 3 rings (SSSR count). The van der Waals surface area contributed by atoms with Gasteiger partial charge in [0.2, 0.25) is 5.91 Å². The quantitative estimate of drug-likeness (QED) is 0.623. The largest absolute Gasteiger partial charge is 0.416 e. The van der Waals surface area contributed by atoms with Crippen LogP contribution in [0.4, 0.5) is 18.9 Å². The average molecular weight is 400 g/mol. The number of hydrogen-bond acceptors (Lipinski definition) is 3. The Morgan fingerprint density at radius 3 is 2.69 bits per heavy atom. The molecule has 3 aromatic rings. The van der Waals surface area contributed by atoms with E-state index >= 15 is 0 Å². The number of para-hydroxylation sites is 2. The molecule has 0 radical (unpaired) electrons. The Balaban J connectivity index is 1.86. The number of anilines is 1. The Labute approximate surface area is 156 Å². The number of nitrogens with one attached hydrogen (secondary N) is 1. The second-order valence-electron chi connectivity index (χ2n) is 5.41. The fourth-order valence-corrected chi connectivity index (χ4v) is 3.23. The number of amides is 1. The van der Waals surface area contributed by atoms with E-state index in [1.807, 2.05) is 30.5 Å². The SMILES string of the molecule is CSc1nc2ccccc2n1CC(=O)Nc1cc(C(F)(F)F)ccc1Cl. The van der Waals surface area contributed by atoms with E-state index in [-0.39, 0.29) is 17.3 Å². The number of aromatic nitrogens is 2. The van der Waals surface area contributed by atoms with Crippen molar-refractivity contribution in [3.05, 3.63) is 53.1 Å². The Kier molecular flexibility index (Phi) is 5.15. The van der Waals surface area contributed by atoms with Crippen LogP contribution in [0.3, 0.4) is 0 Å². The summed E-state index contributed by atoms with van der Waals surface area (Å²) in [4.78, 5) is 16.8. The van der Waals surface area contributed by atoms with E-state index in [9.17, 15) is 18.0 Å². The number of benzene rings is 2. The molecule has 0 spiro atoms. The zero-order chi connectivity index (χ0) is 18.9. The lowest BCUT2D eigenvalue weighted by molar-refractivity contribution is -0.137. The molecule has 136 valence electrons. The minimum absolute atomic E-state index is 0.0342. The maximum atomic E-state index is 12.8.